The molecular formula is C18H21ClN2O4. The van der Waals surface area contributed by atoms with E-state index in [2.05, 4.69) is 10.3 Å². The van der Waals surface area contributed by atoms with Gasteiger partial charge in [-0.2, -0.15) is 0 Å². The number of aliphatic hydroxyl groups is 2. The van der Waals surface area contributed by atoms with Gasteiger partial charge in [-0.25, -0.2) is 9.78 Å². The number of amides is 1. The molecule has 1 aromatic heterocycles. The maximum absolute atomic E-state index is 11.6. The number of halogens is 1. The molecule has 1 aromatic carbocycles. The predicted molar refractivity (Wildman–Crippen MR) is 94.2 cm³/mol. The zero-order valence-corrected chi connectivity index (χ0v) is 14.6. The minimum absolute atomic E-state index is 0.170. The Kier molecular flexibility index (Phi) is 7.18. The van der Waals surface area contributed by atoms with E-state index >= 15 is 0 Å². The first-order valence-electron chi connectivity index (χ1n) is 7.90. The first kappa shape index (κ1) is 19.2. The highest BCUT2D eigenvalue weighted by atomic mass is 35.5. The number of hydrogen-bond acceptors (Lipinski definition) is 5. The predicted octanol–water partition coefficient (Wildman–Crippen LogP) is 2.75. The van der Waals surface area contributed by atoms with Crippen LogP contribution in [0.3, 0.4) is 0 Å². The number of pyridine rings is 1. The summed E-state index contributed by atoms with van der Waals surface area (Å²) >= 11 is 5.84. The summed E-state index contributed by atoms with van der Waals surface area (Å²) in [6, 6.07) is 11.0. The van der Waals surface area contributed by atoms with E-state index in [0.717, 1.165) is 5.56 Å². The van der Waals surface area contributed by atoms with Gasteiger partial charge in [-0.3, -0.25) is 0 Å². The number of carbonyl (C=O) groups excluding carboxylic acids is 1. The number of aryl methyl sites for hydroxylation is 1. The van der Waals surface area contributed by atoms with Crippen LogP contribution in [0.1, 0.15) is 29.2 Å². The number of rotatable bonds is 7. The van der Waals surface area contributed by atoms with E-state index in [4.69, 9.17) is 16.3 Å². The molecule has 0 aliphatic heterocycles. The van der Waals surface area contributed by atoms with E-state index in [1.54, 1.807) is 13.0 Å². The molecule has 3 N–H and O–H groups in total. The first-order chi connectivity index (χ1) is 12.0. The maximum Gasteiger partial charge on any atom is 0.407 e. The van der Waals surface area contributed by atoms with Crippen LogP contribution in [0.5, 0.6) is 0 Å². The van der Waals surface area contributed by atoms with Gasteiger partial charge in [-0.15, -0.1) is 0 Å². The van der Waals surface area contributed by atoms with Crippen LogP contribution in [0.2, 0.25) is 5.15 Å². The molecule has 25 heavy (non-hydrogen) atoms. The van der Waals surface area contributed by atoms with Gasteiger partial charge < -0.3 is 20.3 Å². The molecule has 1 amide bonds. The van der Waals surface area contributed by atoms with Gasteiger partial charge in [0.15, 0.2) is 0 Å². The Balaban J connectivity index is 1.72. The Bertz CT molecular complexity index is 697. The van der Waals surface area contributed by atoms with E-state index in [1.165, 1.54) is 6.20 Å². The second kappa shape index (κ2) is 9.36. The molecule has 2 rings (SSSR count). The first-order valence-corrected chi connectivity index (χ1v) is 8.28. The van der Waals surface area contributed by atoms with Crippen LogP contribution in [0.25, 0.3) is 0 Å². The van der Waals surface area contributed by atoms with Gasteiger partial charge in [-0.1, -0.05) is 41.9 Å². The Morgan fingerprint density at radius 3 is 2.72 bits per heavy atom. The molecular weight excluding hydrogens is 344 g/mol. The van der Waals surface area contributed by atoms with Gasteiger partial charge in [-0.05, 0) is 30.5 Å². The molecule has 0 spiro atoms. The molecule has 0 saturated heterocycles. The van der Waals surface area contributed by atoms with Crippen LogP contribution >= 0.6 is 11.6 Å². The highest BCUT2D eigenvalue weighted by Crippen LogP contribution is 2.21. The van der Waals surface area contributed by atoms with Crippen molar-refractivity contribution in [1.82, 2.24) is 10.3 Å². The van der Waals surface area contributed by atoms with Crippen LogP contribution in [0.15, 0.2) is 42.6 Å². The summed E-state index contributed by atoms with van der Waals surface area (Å²) in [7, 11) is 0. The second-order valence-electron chi connectivity index (χ2n) is 5.67. The topological polar surface area (TPSA) is 91.7 Å². The summed E-state index contributed by atoms with van der Waals surface area (Å²) in [5, 5.41) is 23.1. The third kappa shape index (κ3) is 6.01. The van der Waals surface area contributed by atoms with Crippen molar-refractivity contribution in [2.24, 2.45) is 0 Å². The van der Waals surface area contributed by atoms with E-state index in [9.17, 15) is 15.0 Å². The van der Waals surface area contributed by atoms with Crippen molar-refractivity contribution in [3.05, 3.63) is 64.4 Å². The minimum Gasteiger partial charge on any atom is -0.445 e. The zero-order chi connectivity index (χ0) is 18.2. The summed E-state index contributed by atoms with van der Waals surface area (Å²) in [4.78, 5) is 15.6. The SMILES string of the molecule is Cc1cc(C(O)C(O)CCNC(=O)OCc2ccccc2)cnc1Cl. The van der Waals surface area contributed by atoms with Crippen molar-refractivity contribution in [2.75, 3.05) is 6.54 Å². The molecule has 6 nitrogen and oxygen atoms in total. The summed E-state index contributed by atoms with van der Waals surface area (Å²) < 4.78 is 5.07. The minimum atomic E-state index is -1.11. The maximum atomic E-state index is 11.6. The number of carbonyl (C=O) groups is 1. The Morgan fingerprint density at radius 2 is 2.04 bits per heavy atom. The molecule has 0 radical (unpaired) electrons. The fourth-order valence-electron chi connectivity index (χ4n) is 2.22. The largest absolute Gasteiger partial charge is 0.445 e. The summed E-state index contributed by atoms with van der Waals surface area (Å²) in [5.41, 5.74) is 2.08. The molecule has 2 atom stereocenters. The molecule has 0 aliphatic carbocycles. The van der Waals surface area contributed by atoms with Crippen LogP contribution < -0.4 is 5.32 Å². The van der Waals surface area contributed by atoms with Crippen molar-refractivity contribution in [1.29, 1.82) is 0 Å². The van der Waals surface area contributed by atoms with Crippen molar-refractivity contribution < 1.29 is 19.7 Å². The number of hydrogen-bond donors (Lipinski definition) is 3. The quantitative estimate of drug-likeness (QED) is 0.657. The number of nitrogens with one attached hydrogen (secondary N) is 1. The third-order valence-electron chi connectivity index (χ3n) is 3.66. The summed E-state index contributed by atoms with van der Waals surface area (Å²) in [5.74, 6) is 0. The lowest BCUT2D eigenvalue weighted by Gasteiger charge is -2.18. The van der Waals surface area contributed by atoms with Gasteiger partial charge in [0, 0.05) is 18.3 Å². The molecule has 0 fully saturated rings. The summed E-state index contributed by atoms with van der Waals surface area (Å²) in [6.07, 6.45) is -1.13. The molecule has 1 heterocycles. The average molecular weight is 365 g/mol. The fraction of sp³-hybridized carbons (Fsp3) is 0.333. The molecule has 0 aliphatic rings. The zero-order valence-electron chi connectivity index (χ0n) is 13.9. The molecule has 7 heteroatoms. The lowest BCUT2D eigenvalue weighted by Crippen LogP contribution is -2.29. The Morgan fingerprint density at radius 1 is 1.32 bits per heavy atom. The number of ether oxygens (including phenoxy) is 1. The average Bonchev–Trinajstić information content (AvgIpc) is 2.62. The number of alkyl carbamates (subject to hydrolysis) is 1. The number of aliphatic hydroxyl groups excluding tert-OH is 2. The Hall–Kier alpha value is -2.15. The normalized spacial score (nSPS) is 13.1. The molecule has 0 bridgehead atoms. The van der Waals surface area contributed by atoms with Gasteiger partial charge in [0.1, 0.15) is 17.9 Å². The van der Waals surface area contributed by atoms with Gasteiger partial charge >= 0.3 is 6.09 Å². The van der Waals surface area contributed by atoms with Crippen molar-refractivity contribution in [3.63, 3.8) is 0 Å². The van der Waals surface area contributed by atoms with Gasteiger partial charge in [0.2, 0.25) is 0 Å². The van der Waals surface area contributed by atoms with Crippen LogP contribution in [-0.4, -0.2) is 33.9 Å². The summed E-state index contributed by atoms with van der Waals surface area (Å²) in [6.45, 7) is 2.11. The van der Waals surface area contributed by atoms with Crippen LogP contribution in [-0.2, 0) is 11.3 Å². The van der Waals surface area contributed by atoms with Crippen molar-refractivity contribution in [3.8, 4) is 0 Å². The van der Waals surface area contributed by atoms with Gasteiger partial charge in [0.05, 0.1) is 6.10 Å². The smallest absolute Gasteiger partial charge is 0.407 e. The highest BCUT2D eigenvalue weighted by molar-refractivity contribution is 6.30. The molecule has 0 saturated carbocycles. The van der Waals surface area contributed by atoms with E-state index < -0.39 is 18.3 Å². The lowest BCUT2D eigenvalue weighted by atomic mass is 10.0. The van der Waals surface area contributed by atoms with Crippen molar-refractivity contribution >= 4 is 17.7 Å². The molecule has 2 aromatic rings. The van der Waals surface area contributed by atoms with Crippen LogP contribution in [0, 0.1) is 6.92 Å². The number of nitrogens with zero attached hydrogens (tertiary/aromatic N) is 1. The Labute approximate surface area is 151 Å². The third-order valence-corrected chi connectivity index (χ3v) is 4.06. The fourth-order valence-corrected chi connectivity index (χ4v) is 2.32. The standard InChI is InChI=1S/C18H21ClN2O4/c1-12-9-14(10-21-17(12)19)16(23)15(22)7-8-20-18(24)25-11-13-5-3-2-4-6-13/h2-6,9-10,15-16,22-23H,7-8,11H2,1H3,(H,20,24). The highest BCUT2D eigenvalue weighted by Gasteiger charge is 2.19. The second-order valence-corrected chi connectivity index (χ2v) is 6.02. The lowest BCUT2D eigenvalue weighted by molar-refractivity contribution is 0.0134. The van der Waals surface area contributed by atoms with E-state index in [-0.39, 0.29) is 19.6 Å². The van der Waals surface area contributed by atoms with E-state index in [0.29, 0.717) is 16.3 Å². The monoisotopic (exact) mass is 364 g/mol. The van der Waals surface area contributed by atoms with Crippen molar-refractivity contribution in [2.45, 2.75) is 32.2 Å². The molecule has 2 unspecified atom stereocenters. The number of aromatic nitrogens is 1. The number of benzene rings is 1. The molecule has 134 valence electrons. The van der Waals surface area contributed by atoms with Gasteiger partial charge in [0.25, 0.3) is 0 Å². The van der Waals surface area contributed by atoms with E-state index in [1.807, 2.05) is 30.3 Å². The van der Waals surface area contributed by atoms with Crippen LogP contribution in [0.4, 0.5) is 4.79 Å².